The number of hydrogen-bond acceptors (Lipinski definition) is 0. The summed E-state index contributed by atoms with van der Waals surface area (Å²) in [6.45, 7) is 13.4. The molecule has 0 aliphatic carbocycles. The summed E-state index contributed by atoms with van der Waals surface area (Å²) in [4.78, 5) is 0. The Hall–Kier alpha value is 1.49. The molecule has 0 radical (unpaired) electrons. The van der Waals surface area contributed by atoms with Gasteiger partial charge in [-0.1, -0.05) is 130 Å². The van der Waals surface area contributed by atoms with Crippen molar-refractivity contribution >= 4 is 48.9 Å². The van der Waals surface area contributed by atoms with Crippen molar-refractivity contribution in [3.8, 4) is 0 Å². The first-order valence-corrected chi connectivity index (χ1v) is 12.1. The fourth-order valence-corrected chi connectivity index (χ4v) is 2.83. The van der Waals surface area contributed by atoms with Crippen LogP contribution in [-0.4, -0.2) is 75.1 Å². The van der Waals surface area contributed by atoms with Crippen LogP contribution in [0, 0.1) is 0 Å². The first-order chi connectivity index (χ1) is 12.8. The predicted octanol–water partition coefficient (Wildman–Crippen LogP) is 8.66. The maximum atomic E-state index is 4.51. The summed E-state index contributed by atoms with van der Waals surface area (Å²) in [7, 11) is 0. The van der Waals surface area contributed by atoms with Crippen LogP contribution in [0.1, 0.15) is 130 Å². The van der Waals surface area contributed by atoms with Gasteiger partial charge in [0.1, 0.15) is 0 Å². The van der Waals surface area contributed by atoms with Gasteiger partial charge in [0.05, 0.1) is 0 Å². The standard InChI is InChI=1S/2C12H26N.Ba/c2*1-3-5-7-9-11-13-12-10-8-6-4-2;/h2*3-12H2,1-2H3;/q2*-1;+2. The van der Waals surface area contributed by atoms with Gasteiger partial charge in [-0.05, 0) is 0 Å². The molecule has 0 rings (SSSR count). The Bertz CT molecular complexity index is 171. The Morgan fingerprint density at radius 1 is 0.333 bits per heavy atom. The summed E-state index contributed by atoms with van der Waals surface area (Å²) in [5.41, 5.74) is 0. The molecule has 0 aliphatic rings. The van der Waals surface area contributed by atoms with E-state index in [1.54, 1.807) is 0 Å². The van der Waals surface area contributed by atoms with Gasteiger partial charge in [-0.2, -0.15) is 0 Å². The molecule has 27 heavy (non-hydrogen) atoms. The van der Waals surface area contributed by atoms with Crippen LogP contribution < -0.4 is 0 Å². The summed E-state index contributed by atoms with van der Waals surface area (Å²) >= 11 is 0. The average Bonchev–Trinajstić information content (AvgIpc) is 2.66. The Morgan fingerprint density at radius 2 is 0.556 bits per heavy atom. The predicted molar refractivity (Wildman–Crippen MR) is 129 cm³/mol. The molecule has 0 amide bonds. The molecule has 0 bridgehead atoms. The van der Waals surface area contributed by atoms with E-state index in [-0.39, 0.29) is 48.9 Å². The van der Waals surface area contributed by atoms with Crippen LogP contribution in [-0.2, 0) is 0 Å². The topological polar surface area (TPSA) is 28.2 Å². The zero-order chi connectivity index (χ0) is 19.6. The van der Waals surface area contributed by atoms with E-state index in [1.807, 2.05) is 0 Å². The average molecular weight is 506 g/mol. The van der Waals surface area contributed by atoms with Gasteiger partial charge in [0.2, 0.25) is 0 Å². The van der Waals surface area contributed by atoms with Gasteiger partial charge in [-0.3, -0.25) is 0 Å². The van der Waals surface area contributed by atoms with E-state index in [2.05, 4.69) is 38.3 Å². The van der Waals surface area contributed by atoms with E-state index in [9.17, 15) is 0 Å². The fraction of sp³-hybridized carbons (Fsp3) is 1.00. The van der Waals surface area contributed by atoms with Crippen molar-refractivity contribution in [1.82, 2.24) is 0 Å². The molecule has 160 valence electrons. The zero-order valence-electron chi connectivity index (χ0n) is 19.7. The molecule has 0 aromatic heterocycles. The van der Waals surface area contributed by atoms with Gasteiger partial charge < -0.3 is 10.6 Å². The number of hydrogen-bond donors (Lipinski definition) is 0. The Balaban J connectivity index is -0.000000411. The third-order valence-electron chi connectivity index (χ3n) is 4.68. The van der Waals surface area contributed by atoms with Crippen LogP contribution >= 0.6 is 0 Å². The number of rotatable bonds is 20. The molecule has 0 heterocycles. The van der Waals surface area contributed by atoms with Crippen LogP contribution in [0.25, 0.3) is 10.6 Å². The summed E-state index contributed by atoms with van der Waals surface area (Å²) in [5, 5.41) is 9.03. The molecule has 2 nitrogen and oxygen atoms in total. The van der Waals surface area contributed by atoms with Crippen molar-refractivity contribution in [2.75, 3.05) is 26.2 Å². The van der Waals surface area contributed by atoms with Crippen LogP contribution in [0.5, 0.6) is 0 Å². The molecule has 0 aromatic rings. The van der Waals surface area contributed by atoms with Crippen molar-refractivity contribution in [2.24, 2.45) is 0 Å². The molecule has 0 atom stereocenters. The molecule has 0 spiro atoms. The van der Waals surface area contributed by atoms with E-state index in [4.69, 9.17) is 0 Å². The first kappa shape index (κ1) is 33.1. The molecule has 0 aliphatic heterocycles. The largest absolute Gasteiger partial charge is 2.00 e. The third-order valence-corrected chi connectivity index (χ3v) is 4.68. The molecular formula is C24H52BaN2. The molecule has 0 unspecified atom stereocenters. The van der Waals surface area contributed by atoms with E-state index in [1.165, 1.54) is 103 Å². The summed E-state index contributed by atoms with van der Waals surface area (Å²) in [6, 6.07) is 0. The smallest absolute Gasteiger partial charge is 0.662 e. The van der Waals surface area contributed by atoms with Gasteiger partial charge in [0.25, 0.3) is 0 Å². The summed E-state index contributed by atoms with van der Waals surface area (Å²) < 4.78 is 0. The molecule has 0 saturated carbocycles. The molecular weight excluding hydrogens is 454 g/mol. The van der Waals surface area contributed by atoms with Crippen molar-refractivity contribution in [3.05, 3.63) is 10.6 Å². The monoisotopic (exact) mass is 506 g/mol. The van der Waals surface area contributed by atoms with E-state index in [0.29, 0.717) is 0 Å². The fourth-order valence-electron chi connectivity index (χ4n) is 2.83. The number of nitrogens with zero attached hydrogens (tertiary/aromatic N) is 2. The Morgan fingerprint density at radius 3 is 0.741 bits per heavy atom. The number of unbranched alkanes of at least 4 members (excludes halogenated alkanes) is 12. The van der Waals surface area contributed by atoms with Gasteiger partial charge in [0, 0.05) is 0 Å². The quantitative estimate of drug-likeness (QED) is 0.117. The Labute approximate surface area is 214 Å². The van der Waals surface area contributed by atoms with Gasteiger partial charge >= 0.3 is 48.9 Å². The molecule has 0 fully saturated rings. The maximum absolute atomic E-state index is 4.51. The minimum atomic E-state index is 0. The molecule has 0 aromatic carbocycles. The second kappa shape index (κ2) is 35.0. The van der Waals surface area contributed by atoms with Crippen LogP contribution in [0.15, 0.2) is 0 Å². The second-order valence-electron chi connectivity index (χ2n) is 7.58. The minimum Gasteiger partial charge on any atom is -0.662 e. The third kappa shape index (κ3) is 38.7. The van der Waals surface area contributed by atoms with Gasteiger partial charge in [0.15, 0.2) is 0 Å². The second-order valence-corrected chi connectivity index (χ2v) is 7.58. The van der Waals surface area contributed by atoms with Crippen molar-refractivity contribution in [2.45, 2.75) is 130 Å². The van der Waals surface area contributed by atoms with E-state index in [0.717, 1.165) is 26.2 Å². The van der Waals surface area contributed by atoms with Crippen molar-refractivity contribution in [1.29, 1.82) is 0 Å². The van der Waals surface area contributed by atoms with Crippen LogP contribution in [0.3, 0.4) is 0 Å². The van der Waals surface area contributed by atoms with Gasteiger partial charge in [-0.25, -0.2) is 0 Å². The molecule has 3 heteroatoms. The Kier molecular flexibility index (Phi) is 42.9. The molecule has 0 N–H and O–H groups in total. The zero-order valence-corrected chi connectivity index (χ0v) is 24.2. The minimum absolute atomic E-state index is 0. The van der Waals surface area contributed by atoms with Crippen molar-refractivity contribution < 1.29 is 0 Å². The van der Waals surface area contributed by atoms with Gasteiger partial charge in [-0.15, -0.1) is 26.2 Å². The SMILES string of the molecule is CCCCCC[N-]CCCCCC.CCCCCC[N-]CCCCCC.[Ba+2]. The normalized spacial score (nSPS) is 10.2. The van der Waals surface area contributed by atoms with Crippen molar-refractivity contribution in [3.63, 3.8) is 0 Å². The first-order valence-electron chi connectivity index (χ1n) is 12.1. The summed E-state index contributed by atoms with van der Waals surface area (Å²) in [6.07, 6.45) is 21.5. The van der Waals surface area contributed by atoms with E-state index < -0.39 is 0 Å². The summed E-state index contributed by atoms with van der Waals surface area (Å²) in [5.74, 6) is 0. The maximum Gasteiger partial charge on any atom is 2.00 e. The van der Waals surface area contributed by atoms with E-state index >= 15 is 0 Å². The molecule has 0 saturated heterocycles. The van der Waals surface area contributed by atoms with Crippen LogP contribution in [0.4, 0.5) is 0 Å². The van der Waals surface area contributed by atoms with Crippen LogP contribution in [0.2, 0.25) is 0 Å².